The Labute approximate surface area is 126 Å². The van der Waals surface area contributed by atoms with Gasteiger partial charge in [0, 0.05) is 5.41 Å². The van der Waals surface area contributed by atoms with E-state index < -0.39 is 0 Å². The molecule has 2 aliphatic carbocycles. The Morgan fingerprint density at radius 1 is 1.33 bits per heavy atom. The summed E-state index contributed by atoms with van der Waals surface area (Å²) < 4.78 is 0. The number of carbonyl (C=O) groups is 1. The van der Waals surface area contributed by atoms with Gasteiger partial charge in [0.05, 0.1) is 11.3 Å². The molecule has 0 unspecified atom stereocenters. The first-order chi connectivity index (χ1) is 9.84. The molecule has 0 aromatic heterocycles. The summed E-state index contributed by atoms with van der Waals surface area (Å²) in [5, 5.41) is 4.25. The fourth-order valence-corrected chi connectivity index (χ4v) is 3.99. The molecule has 3 rings (SSSR count). The van der Waals surface area contributed by atoms with Gasteiger partial charge in [0.1, 0.15) is 0 Å². The molecule has 0 aliphatic heterocycles. The number of oxime groups is 1. The first kappa shape index (κ1) is 14.3. The van der Waals surface area contributed by atoms with Crippen LogP contribution >= 0.6 is 0 Å². The zero-order valence-electron chi connectivity index (χ0n) is 13.3. The largest absolute Gasteiger partial charge is 0.365 e. The van der Waals surface area contributed by atoms with E-state index in [1.165, 1.54) is 6.42 Å². The molecule has 112 valence electrons. The van der Waals surface area contributed by atoms with E-state index >= 15 is 0 Å². The Balaban J connectivity index is 1.77. The Bertz CT molecular complexity index is 617. The third-order valence-corrected chi connectivity index (χ3v) is 6.00. The van der Waals surface area contributed by atoms with Crippen molar-refractivity contribution < 1.29 is 9.63 Å². The fourth-order valence-electron chi connectivity index (χ4n) is 3.99. The molecule has 0 N–H and O–H groups in total. The predicted octanol–water partition coefficient (Wildman–Crippen LogP) is 4.35. The van der Waals surface area contributed by atoms with Crippen LogP contribution in [0.3, 0.4) is 0 Å². The molecular weight excluding hydrogens is 262 g/mol. The predicted molar refractivity (Wildman–Crippen MR) is 83.3 cm³/mol. The smallest absolute Gasteiger partial charge is 0.313 e. The first-order valence-corrected chi connectivity index (χ1v) is 7.70. The summed E-state index contributed by atoms with van der Waals surface area (Å²) in [4.78, 5) is 17.3. The Morgan fingerprint density at radius 3 is 2.67 bits per heavy atom. The van der Waals surface area contributed by atoms with Gasteiger partial charge in [-0.1, -0.05) is 43.6 Å². The number of hydrogen-bond acceptors (Lipinski definition) is 3. The fraction of sp³-hybridized carbons (Fsp3) is 0.556. The maximum Gasteiger partial charge on any atom is 0.365 e. The van der Waals surface area contributed by atoms with Crippen LogP contribution in [0.5, 0.6) is 0 Å². The zero-order valence-corrected chi connectivity index (χ0v) is 13.3. The standard InChI is InChI=1S/C18H23NO2/c1-12-6-5-7-13(10-12)16(20)21-19-15-11-14-8-9-18(15,4)17(14,2)3/h5-7,10,14H,8-9,11H2,1-4H3/b19-15+/t14-,18+/m1/s1. The molecule has 0 amide bonds. The van der Waals surface area contributed by atoms with E-state index in [1.54, 1.807) is 6.07 Å². The van der Waals surface area contributed by atoms with Gasteiger partial charge in [-0.05, 0) is 49.7 Å². The maximum atomic E-state index is 12.1. The second-order valence-electron chi connectivity index (χ2n) is 7.28. The van der Waals surface area contributed by atoms with Gasteiger partial charge in [-0.2, -0.15) is 0 Å². The highest BCUT2D eigenvalue weighted by Gasteiger charge is 2.60. The van der Waals surface area contributed by atoms with E-state index in [2.05, 4.69) is 25.9 Å². The highest BCUT2D eigenvalue weighted by atomic mass is 16.7. The molecule has 2 fully saturated rings. The third-order valence-electron chi connectivity index (χ3n) is 6.00. The van der Waals surface area contributed by atoms with Crippen LogP contribution in [0.1, 0.15) is 56.0 Å². The summed E-state index contributed by atoms with van der Waals surface area (Å²) in [6.07, 6.45) is 3.37. The molecule has 0 spiro atoms. The summed E-state index contributed by atoms with van der Waals surface area (Å²) in [5.41, 5.74) is 2.99. The van der Waals surface area contributed by atoms with Crippen molar-refractivity contribution in [1.82, 2.24) is 0 Å². The molecule has 3 heteroatoms. The van der Waals surface area contributed by atoms with Gasteiger partial charge in [0.25, 0.3) is 0 Å². The summed E-state index contributed by atoms with van der Waals surface area (Å²) >= 11 is 0. The zero-order chi connectivity index (χ0) is 15.3. The normalized spacial score (nSPS) is 31.6. The number of fused-ring (bicyclic) bond motifs is 2. The monoisotopic (exact) mass is 285 g/mol. The third kappa shape index (κ3) is 2.10. The topological polar surface area (TPSA) is 38.7 Å². The van der Waals surface area contributed by atoms with Gasteiger partial charge in [0.2, 0.25) is 0 Å². The average Bonchev–Trinajstić information content (AvgIpc) is 2.77. The van der Waals surface area contributed by atoms with E-state index in [1.807, 2.05) is 25.1 Å². The lowest BCUT2D eigenvalue weighted by Crippen LogP contribution is -2.32. The lowest BCUT2D eigenvalue weighted by molar-refractivity contribution is 0.0508. The minimum Gasteiger partial charge on any atom is -0.313 e. The molecule has 0 radical (unpaired) electrons. The lowest BCUT2D eigenvalue weighted by atomic mass is 9.70. The molecule has 0 saturated heterocycles. The van der Waals surface area contributed by atoms with E-state index in [0.717, 1.165) is 24.1 Å². The van der Waals surface area contributed by atoms with Crippen molar-refractivity contribution in [3.8, 4) is 0 Å². The van der Waals surface area contributed by atoms with Gasteiger partial charge >= 0.3 is 5.97 Å². The van der Waals surface area contributed by atoms with Crippen LogP contribution in [0.4, 0.5) is 0 Å². The molecule has 2 saturated carbocycles. The van der Waals surface area contributed by atoms with E-state index in [9.17, 15) is 4.79 Å². The number of benzene rings is 1. The van der Waals surface area contributed by atoms with Crippen molar-refractivity contribution in [2.75, 3.05) is 0 Å². The van der Waals surface area contributed by atoms with Crippen LogP contribution < -0.4 is 0 Å². The second kappa shape index (κ2) is 4.69. The number of rotatable bonds is 2. The van der Waals surface area contributed by atoms with Gasteiger partial charge in [0.15, 0.2) is 0 Å². The number of nitrogens with zero attached hydrogens (tertiary/aromatic N) is 1. The Kier molecular flexibility index (Phi) is 3.19. The van der Waals surface area contributed by atoms with Gasteiger partial charge in [-0.3, -0.25) is 0 Å². The van der Waals surface area contributed by atoms with Crippen LogP contribution in [-0.2, 0) is 4.84 Å². The summed E-state index contributed by atoms with van der Waals surface area (Å²) in [7, 11) is 0. The molecule has 21 heavy (non-hydrogen) atoms. The second-order valence-corrected chi connectivity index (χ2v) is 7.28. The van der Waals surface area contributed by atoms with Crippen molar-refractivity contribution in [2.24, 2.45) is 21.9 Å². The molecule has 1 aromatic rings. The quantitative estimate of drug-likeness (QED) is 0.598. The summed E-state index contributed by atoms with van der Waals surface area (Å²) in [6, 6.07) is 7.42. The lowest BCUT2D eigenvalue weighted by Gasteiger charge is -2.34. The Hall–Kier alpha value is -1.64. The van der Waals surface area contributed by atoms with Crippen molar-refractivity contribution in [2.45, 2.75) is 47.0 Å². The Morgan fingerprint density at radius 2 is 2.10 bits per heavy atom. The van der Waals surface area contributed by atoms with Crippen molar-refractivity contribution in [3.05, 3.63) is 35.4 Å². The van der Waals surface area contributed by atoms with E-state index in [0.29, 0.717) is 11.5 Å². The number of aryl methyl sites for hydroxylation is 1. The molecule has 3 nitrogen and oxygen atoms in total. The van der Waals surface area contributed by atoms with Crippen molar-refractivity contribution >= 4 is 11.7 Å². The van der Waals surface area contributed by atoms with Crippen LogP contribution in [0.2, 0.25) is 0 Å². The van der Waals surface area contributed by atoms with Gasteiger partial charge < -0.3 is 4.84 Å². The van der Waals surface area contributed by atoms with Crippen LogP contribution in [0.15, 0.2) is 29.4 Å². The summed E-state index contributed by atoms with van der Waals surface area (Å²) in [6.45, 7) is 8.85. The van der Waals surface area contributed by atoms with Gasteiger partial charge in [-0.15, -0.1) is 0 Å². The van der Waals surface area contributed by atoms with Crippen molar-refractivity contribution in [3.63, 3.8) is 0 Å². The molecule has 1 aromatic carbocycles. The molecule has 2 atom stereocenters. The van der Waals surface area contributed by atoms with Crippen LogP contribution in [-0.4, -0.2) is 11.7 Å². The molecule has 2 bridgehead atoms. The average molecular weight is 285 g/mol. The molecule has 2 aliphatic rings. The van der Waals surface area contributed by atoms with Crippen LogP contribution in [0.25, 0.3) is 0 Å². The number of carbonyl (C=O) groups excluding carboxylic acids is 1. The molecular formula is C18H23NO2. The maximum absolute atomic E-state index is 12.1. The minimum atomic E-state index is -0.365. The summed E-state index contributed by atoms with van der Waals surface area (Å²) in [5.74, 6) is 0.300. The first-order valence-electron chi connectivity index (χ1n) is 7.70. The SMILES string of the molecule is Cc1cccc(C(=O)O/N=C2\C[C@H]3CC[C@]2(C)C3(C)C)c1. The molecule has 0 heterocycles. The van der Waals surface area contributed by atoms with E-state index in [-0.39, 0.29) is 16.8 Å². The van der Waals surface area contributed by atoms with Crippen LogP contribution in [0, 0.1) is 23.7 Å². The van der Waals surface area contributed by atoms with Gasteiger partial charge in [-0.25, -0.2) is 4.79 Å². The highest BCUT2D eigenvalue weighted by Crippen LogP contribution is 2.63. The highest BCUT2D eigenvalue weighted by molar-refractivity contribution is 5.95. The number of hydrogen-bond donors (Lipinski definition) is 0. The van der Waals surface area contributed by atoms with Crippen molar-refractivity contribution in [1.29, 1.82) is 0 Å². The minimum absolute atomic E-state index is 0.0740. The van der Waals surface area contributed by atoms with E-state index in [4.69, 9.17) is 4.84 Å².